The SMILES string of the molecule is CCC(C)c1ccccc1N1CC(C(=O)Nc2ccc(OC)c(OCc3ccncc3)c2)CC1=O. The average molecular weight is 474 g/mol. The first-order chi connectivity index (χ1) is 17.0. The lowest BCUT2D eigenvalue weighted by atomic mass is 9.96. The fourth-order valence-corrected chi connectivity index (χ4v) is 4.24. The number of nitrogens with zero attached hydrogens (tertiary/aromatic N) is 2. The third-order valence-electron chi connectivity index (χ3n) is 6.44. The van der Waals surface area contributed by atoms with Crippen LogP contribution in [0.2, 0.25) is 0 Å². The van der Waals surface area contributed by atoms with Gasteiger partial charge in [-0.2, -0.15) is 0 Å². The van der Waals surface area contributed by atoms with Crippen molar-refractivity contribution in [1.82, 2.24) is 4.98 Å². The maximum atomic E-state index is 13.1. The van der Waals surface area contributed by atoms with Crippen LogP contribution in [0.5, 0.6) is 11.5 Å². The second kappa shape index (κ2) is 11.0. The Bertz CT molecular complexity index is 1180. The van der Waals surface area contributed by atoms with Gasteiger partial charge < -0.3 is 19.7 Å². The van der Waals surface area contributed by atoms with E-state index in [1.807, 2.05) is 30.3 Å². The lowest BCUT2D eigenvalue weighted by molar-refractivity contribution is -0.122. The Kier molecular flexibility index (Phi) is 7.65. The molecule has 1 saturated heterocycles. The number of carbonyl (C=O) groups excluding carboxylic acids is 2. The lowest BCUT2D eigenvalue weighted by Crippen LogP contribution is -2.29. The monoisotopic (exact) mass is 473 g/mol. The van der Waals surface area contributed by atoms with Crippen molar-refractivity contribution in [2.75, 3.05) is 23.9 Å². The number of nitrogens with one attached hydrogen (secondary N) is 1. The van der Waals surface area contributed by atoms with Crippen LogP contribution in [0.25, 0.3) is 0 Å². The Morgan fingerprint density at radius 3 is 2.66 bits per heavy atom. The minimum atomic E-state index is -0.434. The van der Waals surface area contributed by atoms with Crippen molar-refractivity contribution in [3.05, 3.63) is 78.1 Å². The van der Waals surface area contributed by atoms with E-state index in [-0.39, 0.29) is 18.2 Å². The molecule has 182 valence electrons. The van der Waals surface area contributed by atoms with Crippen LogP contribution in [0, 0.1) is 5.92 Å². The summed E-state index contributed by atoms with van der Waals surface area (Å²) < 4.78 is 11.3. The van der Waals surface area contributed by atoms with Gasteiger partial charge in [0.05, 0.1) is 13.0 Å². The van der Waals surface area contributed by atoms with Gasteiger partial charge in [0, 0.05) is 42.8 Å². The van der Waals surface area contributed by atoms with Gasteiger partial charge in [0.25, 0.3) is 0 Å². The second-order valence-corrected chi connectivity index (χ2v) is 8.77. The topological polar surface area (TPSA) is 80.8 Å². The van der Waals surface area contributed by atoms with Gasteiger partial charge in [0.1, 0.15) is 6.61 Å². The third kappa shape index (κ3) is 5.62. The molecule has 3 aromatic rings. The van der Waals surface area contributed by atoms with Gasteiger partial charge in [-0.05, 0) is 53.8 Å². The lowest BCUT2D eigenvalue weighted by Gasteiger charge is -2.23. The van der Waals surface area contributed by atoms with E-state index in [1.54, 1.807) is 42.6 Å². The molecule has 0 bridgehead atoms. The molecule has 0 spiro atoms. The van der Waals surface area contributed by atoms with E-state index in [4.69, 9.17) is 9.47 Å². The molecule has 1 aliphatic heterocycles. The van der Waals surface area contributed by atoms with Crippen LogP contribution in [-0.2, 0) is 16.2 Å². The van der Waals surface area contributed by atoms with Crippen LogP contribution < -0.4 is 19.7 Å². The number of hydrogen-bond donors (Lipinski definition) is 1. The summed E-state index contributed by atoms with van der Waals surface area (Å²) in [6.07, 6.45) is 4.58. The quantitative estimate of drug-likeness (QED) is 0.463. The predicted octanol–water partition coefficient (Wildman–Crippen LogP) is 5.17. The van der Waals surface area contributed by atoms with E-state index in [0.717, 1.165) is 23.2 Å². The number of carbonyl (C=O) groups is 2. The van der Waals surface area contributed by atoms with Crippen molar-refractivity contribution < 1.29 is 19.1 Å². The molecule has 7 nitrogen and oxygen atoms in total. The van der Waals surface area contributed by atoms with Crippen molar-refractivity contribution in [2.24, 2.45) is 5.92 Å². The third-order valence-corrected chi connectivity index (χ3v) is 6.44. The van der Waals surface area contributed by atoms with Gasteiger partial charge in [-0.15, -0.1) is 0 Å². The highest BCUT2D eigenvalue weighted by Gasteiger charge is 2.36. The van der Waals surface area contributed by atoms with Gasteiger partial charge in [0.15, 0.2) is 11.5 Å². The van der Waals surface area contributed by atoms with Crippen molar-refractivity contribution in [3.63, 3.8) is 0 Å². The fourth-order valence-electron chi connectivity index (χ4n) is 4.24. The van der Waals surface area contributed by atoms with Crippen molar-refractivity contribution in [2.45, 2.75) is 39.2 Å². The largest absolute Gasteiger partial charge is 0.493 e. The van der Waals surface area contributed by atoms with E-state index < -0.39 is 5.92 Å². The smallest absolute Gasteiger partial charge is 0.229 e. The molecule has 1 fully saturated rings. The first kappa shape index (κ1) is 24.3. The molecule has 7 heteroatoms. The Morgan fingerprint density at radius 2 is 1.91 bits per heavy atom. The number of rotatable bonds is 9. The summed E-state index contributed by atoms with van der Waals surface area (Å²) in [6, 6.07) is 17.0. The van der Waals surface area contributed by atoms with E-state index in [0.29, 0.717) is 36.3 Å². The number of benzene rings is 2. The molecule has 2 unspecified atom stereocenters. The molecule has 2 atom stereocenters. The standard InChI is InChI=1S/C28H31N3O4/c1-4-19(2)23-7-5-6-8-24(23)31-17-21(15-27(31)32)28(33)30-22-9-10-25(34-3)26(16-22)35-18-20-11-13-29-14-12-20/h5-14,16,19,21H,4,15,17-18H2,1-3H3,(H,30,33). The summed E-state index contributed by atoms with van der Waals surface area (Å²) in [7, 11) is 1.57. The summed E-state index contributed by atoms with van der Waals surface area (Å²) in [6.45, 7) is 4.99. The van der Waals surface area contributed by atoms with E-state index >= 15 is 0 Å². The van der Waals surface area contributed by atoms with Crippen molar-refractivity contribution in [1.29, 1.82) is 0 Å². The number of methoxy groups -OCH3 is 1. The number of anilines is 2. The van der Waals surface area contributed by atoms with Crippen LogP contribution in [-0.4, -0.2) is 30.5 Å². The van der Waals surface area contributed by atoms with Gasteiger partial charge >= 0.3 is 0 Å². The van der Waals surface area contributed by atoms with Gasteiger partial charge in [0.2, 0.25) is 11.8 Å². The van der Waals surface area contributed by atoms with E-state index in [1.165, 1.54) is 0 Å². The molecule has 4 rings (SSSR count). The zero-order chi connectivity index (χ0) is 24.8. The molecule has 35 heavy (non-hydrogen) atoms. The Balaban J connectivity index is 1.45. The highest BCUT2D eigenvalue weighted by atomic mass is 16.5. The molecular weight excluding hydrogens is 442 g/mol. The minimum absolute atomic E-state index is 0.0305. The Labute approximate surface area is 206 Å². The maximum absolute atomic E-state index is 13.1. The second-order valence-electron chi connectivity index (χ2n) is 8.77. The van der Waals surface area contributed by atoms with Crippen molar-refractivity contribution in [3.8, 4) is 11.5 Å². The van der Waals surface area contributed by atoms with E-state index in [9.17, 15) is 9.59 Å². The first-order valence-electron chi connectivity index (χ1n) is 11.9. The van der Waals surface area contributed by atoms with Gasteiger partial charge in [-0.3, -0.25) is 14.6 Å². The van der Waals surface area contributed by atoms with E-state index in [2.05, 4.69) is 30.2 Å². The molecule has 1 aliphatic rings. The molecule has 2 amide bonds. The molecule has 0 radical (unpaired) electrons. The number of amides is 2. The molecule has 0 saturated carbocycles. The van der Waals surface area contributed by atoms with Crippen LogP contribution in [0.4, 0.5) is 11.4 Å². The zero-order valence-corrected chi connectivity index (χ0v) is 20.4. The minimum Gasteiger partial charge on any atom is -0.493 e. The van der Waals surface area contributed by atoms with Crippen LogP contribution in [0.3, 0.4) is 0 Å². The number of ether oxygens (including phenoxy) is 2. The molecular formula is C28H31N3O4. The normalized spacial score (nSPS) is 16.1. The average Bonchev–Trinajstić information content (AvgIpc) is 3.29. The number of hydrogen-bond acceptors (Lipinski definition) is 5. The zero-order valence-electron chi connectivity index (χ0n) is 20.4. The van der Waals surface area contributed by atoms with Gasteiger partial charge in [-0.25, -0.2) is 0 Å². The van der Waals surface area contributed by atoms with Crippen LogP contribution >= 0.6 is 0 Å². The summed E-state index contributed by atoms with van der Waals surface area (Å²) in [4.78, 5) is 31.7. The molecule has 1 N–H and O–H groups in total. The molecule has 2 aromatic carbocycles. The number of para-hydroxylation sites is 1. The van der Waals surface area contributed by atoms with Crippen LogP contribution in [0.15, 0.2) is 67.0 Å². The van der Waals surface area contributed by atoms with Crippen molar-refractivity contribution >= 4 is 23.2 Å². The maximum Gasteiger partial charge on any atom is 0.229 e. The fraction of sp³-hybridized carbons (Fsp3) is 0.321. The highest BCUT2D eigenvalue weighted by Crippen LogP contribution is 2.35. The Hall–Kier alpha value is -3.87. The summed E-state index contributed by atoms with van der Waals surface area (Å²) >= 11 is 0. The molecule has 1 aromatic heterocycles. The summed E-state index contributed by atoms with van der Waals surface area (Å²) in [5.74, 6) is 0.770. The highest BCUT2D eigenvalue weighted by molar-refractivity contribution is 6.04. The molecule has 2 heterocycles. The number of aromatic nitrogens is 1. The summed E-state index contributed by atoms with van der Waals surface area (Å²) in [5.41, 5.74) is 3.60. The first-order valence-corrected chi connectivity index (χ1v) is 11.9. The predicted molar refractivity (Wildman–Crippen MR) is 136 cm³/mol. The summed E-state index contributed by atoms with van der Waals surface area (Å²) in [5, 5.41) is 2.95. The Morgan fingerprint density at radius 1 is 1.14 bits per heavy atom. The van der Waals surface area contributed by atoms with Crippen LogP contribution in [0.1, 0.15) is 43.7 Å². The molecule has 0 aliphatic carbocycles. The van der Waals surface area contributed by atoms with Gasteiger partial charge in [-0.1, -0.05) is 32.0 Å². The number of pyridine rings is 1.